The fourth-order valence-corrected chi connectivity index (χ4v) is 1.88. The largest absolute Gasteiger partial charge is 0.465 e. The Labute approximate surface area is 97.0 Å². The van der Waals surface area contributed by atoms with Crippen LogP contribution in [0.3, 0.4) is 0 Å². The molecule has 0 aliphatic rings. The maximum absolute atomic E-state index is 12.8. The van der Waals surface area contributed by atoms with Crippen molar-refractivity contribution in [2.75, 3.05) is 12.4 Å². The van der Waals surface area contributed by atoms with Crippen LogP contribution in [0.2, 0.25) is 0 Å². The van der Waals surface area contributed by atoms with Crippen molar-refractivity contribution in [3.63, 3.8) is 0 Å². The minimum absolute atomic E-state index is 0.111. The first kappa shape index (κ1) is 12.7. The Morgan fingerprint density at radius 1 is 1.56 bits per heavy atom. The number of carbonyl (C=O) groups is 2. The number of carbonyl (C=O) groups excluding carboxylic acids is 2. The monoisotopic (exact) mass is 242 g/mol. The summed E-state index contributed by atoms with van der Waals surface area (Å²) < 4.78 is 17.5. The van der Waals surface area contributed by atoms with E-state index in [1.54, 1.807) is 6.92 Å². The van der Waals surface area contributed by atoms with Gasteiger partial charge in [-0.05, 0) is 25.1 Å². The van der Waals surface area contributed by atoms with Crippen LogP contribution in [0.5, 0.6) is 0 Å². The number of halogens is 1. The van der Waals surface area contributed by atoms with Crippen LogP contribution in [0.25, 0.3) is 0 Å². The predicted molar refractivity (Wildman–Crippen MR) is 59.1 cm³/mol. The van der Waals surface area contributed by atoms with Gasteiger partial charge in [-0.25, -0.2) is 4.39 Å². The summed E-state index contributed by atoms with van der Waals surface area (Å²) in [6.07, 6.45) is 0.566. The van der Waals surface area contributed by atoms with E-state index in [1.807, 2.05) is 0 Å². The molecule has 0 radical (unpaired) electrons. The van der Waals surface area contributed by atoms with E-state index < -0.39 is 5.82 Å². The molecule has 0 spiro atoms. The highest BCUT2D eigenvalue weighted by Gasteiger charge is 2.07. The molecule has 5 heteroatoms. The number of thioether (sulfide) groups is 1. The third kappa shape index (κ3) is 3.66. The highest BCUT2D eigenvalue weighted by atomic mass is 32.2. The second-order valence-electron chi connectivity index (χ2n) is 2.89. The smallest absolute Gasteiger partial charge is 0.316 e. The van der Waals surface area contributed by atoms with E-state index in [0.29, 0.717) is 17.8 Å². The molecule has 1 aromatic rings. The second-order valence-corrected chi connectivity index (χ2v) is 3.91. The van der Waals surface area contributed by atoms with Gasteiger partial charge in [0, 0.05) is 10.5 Å². The van der Waals surface area contributed by atoms with Gasteiger partial charge in [-0.3, -0.25) is 9.59 Å². The average Bonchev–Trinajstić information content (AvgIpc) is 2.27. The molecule has 0 N–H and O–H groups in total. The number of aldehydes is 1. The Bertz CT molecular complexity index is 393. The number of hydrogen-bond acceptors (Lipinski definition) is 4. The van der Waals surface area contributed by atoms with Gasteiger partial charge in [0.1, 0.15) is 5.82 Å². The first-order valence-electron chi connectivity index (χ1n) is 4.70. The van der Waals surface area contributed by atoms with E-state index in [1.165, 1.54) is 12.1 Å². The van der Waals surface area contributed by atoms with E-state index in [-0.39, 0.29) is 17.3 Å². The van der Waals surface area contributed by atoms with Gasteiger partial charge in [0.25, 0.3) is 0 Å². The summed E-state index contributed by atoms with van der Waals surface area (Å²) >= 11 is 1.16. The van der Waals surface area contributed by atoms with Crippen LogP contribution in [-0.4, -0.2) is 24.6 Å². The van der Waals surface area contributed by atoms with E-state index in [0.717, 1.165) is 17.8 Å². The molecule has 1 rings (SSSR count). The summed E-state index contributed by atoms with van der Waals surface area (Å²) in [7, 11) is 0. The van der Waals surface area contributed by atoms with E-state index in [4.69, 9.17) is 4.74 Å². The Hall–Kier alpha value is -1.36. The van der Waals surface area contributed by atoms with Crippen LogP contribution >= 0.6 is 11.8 Å². The minimum Gasteiger partial charge on any atom is -0.465 e. The summed E-state index contributed by atoms with van der Waals surface area (Å²) in [4.78, 5) is 22.3. The van der Waals surface area contributed by atoms with Gasteiger partial charge in [0.05, 0.1) is 12.4 Å². The molecular formula is C11H11FO3S. The lowest BCUT2D eigenvalue weighted by atomic mass is 10.2. The lowest BCUT2D eigenvalue weighted by Gasteiger charge is -2.04. The molecule has 0 saturated heterocycles. The van der Waals surface area contributed by atoms with Crippen LogP contribution in [0, 0.1) is 5.82 Å². The van der Waals surface area contributed by atoms with Crippen LogP contribution in [-0.2, 0) is 9.53 Å². The zero-order valence-electron chi connectivity index (χ0n) is 8.73. The average molecular weight is 242 g/mol. The van der Waals surface area contributed by atoms with Crippen molar-refractivity contribution in [1.82, 2.24) is 0 Å². The number of ether oxygens (including phenoxy) is 1. The Balaban J connectivity index is 2.66. The zero-order chi connectivity index (χ0) is 12.0. The molecule has 0 unspecified atom stereocenters. The van der Waals surface area contributed by atoms with Gasteiger partial charge in [-0.2, -0.15) is 0 Å². The van der Waals surface area contributed by atoms with Crippen LogP contribution < -0.4 is 0 Å². The van der Waals surface area contributed by atoms with Gasteiger partial charge in [0.2, 0.25) is 0 Å². The third-order valence-corrected chi connectivity index (χ3v) is 2.81. The Kier molecular flexibility index (Phi) is 4.98. The van der Waals surface area contributed by atoms with Crippen LogP contribution in [0.4, 0.5) is 4.39 Å². The molecule has 0 saturated carbocycles. The van der Waals surface area contributed by atoms with E-state index in [9.17, 15) is 14.0 Å². The molecule has 0 fully saturated rings. The summed E-state index contributed by atoms with van der Waals surface area (Å²) in [6.45, 7) is 2.04. The minimum atomic E-state index is -0.470. The highest BCUT2D eigenvalue weighted by Crippen LogP contribution is 2.22. The van der Waals surface area contributed by atoms with Gasteiger partial charge in [-0.1, -0.05) is 0 Å². The first-order valence-corrected chi connectivity index (χ1v) is 5.69. The van der Waals surface area contributed by atoms with E-state index in [2.05, 4.69) is 0 Å². The molecule has 3 nitrogen and oxygen atoms in total. The Morgan fingerprint density at radius 2 is 2.31 bits per heavy atom. The van der Waals surface area contributed by atoms with Gasteiger partial charge in [-0.15, -0.1) is 11.8 Å². The number of esters is 1. The van der Waals surface area contributed by atoms with Gasteiger partial charge < -0.3 is 4.74 Å². The first-order chi connectivity index (χ1) is 7.67. The van der Waals surface area contributed by atoms with Crippen molar-refractivity contribution >= 4 is 24.0 Å². The topological polar surface area (TPSA) is 43.4 Å². The highest BCUT2D eigenvalue weighted by molar-refractivity contribution is 8.00. The molecule has 1 aromatic carbocycles. The van der Waals surface area contributed by atoms with Crippen molar-refractivity contribution in [2.45, 2.75) is 11.8 Å². The molecule has 0 atom stereocenters. The fourth-order valence-electron chi connectivity index (χ4n) is 1.08. The lowest BCUT2D eigenvalue weighted by molar-refractivity contribution is -0.139. The third-order valence-electron chi connectivity index (χ3n) is 1.75. The molecule has 0 amide bonds. The summed E-state index contributed by atoms with van der Waals surface area (Å²) in [5.41, 5.74) is 0.245. The van der Waals surface area contributed by atoms with Crippen molar-refractivity contribution in [2.24, 2.45) is 0 Å². The zero-order valence-corrected chi connectivity index (χ0v) is 9.55. The predicted octanol–water partition coefficient (Wildman–Crippen LogP) is 2.29. The standard InChI is InChI=1S/C11H11FO3S/c1-2-15-11(14)7-16-10-4-3-9(12)5-8(10)6-13/h3-6H,2,7H2,1H3. The normalized spacial score (nSPS) is 9.88. The van der Waals surface area contributed by atoms with Gasteiger partial charge in [0.15, 0.2) is 6.29 Å². The van der Waals surface area contributed by atoms with Crippen LogP contribution in [0.1, 0.15) is 17.3 Å². The molecule has 0 heterocycles. The molecule has 0 bridgehead atoms. The Morgan fingerprint density at radius 3 is 2.94 bits per heavy atom. The number of hydrogen-bond donors (Lipinski definition) is 0. The molecule has 0 aliphatic heterocycles. The maximum Gasteiger partial charge on any atom is 0.316 e. The van der Waals surface area contributed by atoms with Crippen molar-refractivity contribution in [1.29, 1.82) is 0 Å². The fraction of sp³-hybridized carbons (Fsp3) is 0.273. The number of benzene rings is 1. The van der Waals surface area contributed by atoms with Gasteiger partial charge >= 0.3 is 5.97 Å². The quantitative estimate of drug-likeness (QED) is 0.451. The van der Waals surface area contributed by atoms with E-state index >= 15 is 0 Å². The molecule has 16 heavy (non-hydrogen) atoms. The number of rotatable bonds is 5. The maximum atomic E-state index is 12.8. The summed E-state index contributed by atoms with van der Waals surface area (Å²) in [6, 6.07) is 3.87. The van der Waals surface area contributed by atoms with Crippen molar-refractivity contribution < 1.29 is 18.7 Å². The second kappa shape index (κ2) is 6.27. The summed E-state index contributed by atoms with van der Waals surface area (Å²) in [5.74, 6) is -0.711. The van der Waals surface area contributed by atoms with Crippen LogP contribution in [0.15, 0.2) is 23.1 Å². The SMILES string of the molecule is CCOC(=O)CSc1ccc(F)cc1C=O. The van der Waals surface area contributed by atoms with Crippen molar-refractivity contribution in [3.05, 3.63) is 29.6 Å². The lowest BCUT2D eigenvalue weighted by Crippen LogP contribution is -2.06. The summed E-state index contributed by atoms with van der Waals surface area (Å²) in [5, 5.41) is 0. The molecule has 86 valence electrons. The molecule has 0 aliphatic carbocycles. The molecule has 0 aromatic heterocycles. The van der Waals surface area contributed by atoms with Crippen molar-refractivity contribution in [3.8, 4) is 0 Å². The molecular weight excluding hydrogens is 231 g/mol.